The summed E-state index contributed by atoms with van der Waals surface area (Å²) in [4.78, 5) is 29.9. The van der Waals surface area contributed by atoms with Gasteiger partial charge in [0.25, 0.3) is 0 Å². The Hall–Kier alpha value is -1.47. The SMILES string of the molecule is CC1CCc2nc(NC(=O)C3C4CCC(O4)C3C(=O)O)sc2C1. The molecule has 23 heavy (non-hydrogen) atoms. The summed E-state index contributed by atoms with van der Waals surface area (Å²) in [5.41, 5.74) is 1.09. The van der Waals surface area contributed by atoms with Crippen molar-refractivity contribution in [1.82, 2.24) is 4.98 Å². The number of carboxylic acid groups (broad SMARTS) is 1. The molecule has 124 valence electrons. The fraction of sp³-hybridized carbons (Fsp3) is 0.688. The molecular formula is C16H20N2O4S. The molecule has 1 amide bonds. The van der Waals surface area contributed by atoms with Crippen LogP contribution in [0, 0.1) is 17.8 Å². The van der Waals surface area contributed by atoms with Crippen molar-refractivity contribution in [3.05, 3.63) is 10.6 Å². The zero-order chi connectivity index (χ0) is 16.1. The molecule has 2 aliphatic heterocycles. The van der Waals surface area contributed by atoms with E-state index < -0.39 is 17.8 Å². The Morgan fingerprint density at radius 2 is 2.00 bits per heavy atom. The van der Waals surface area contributed by atoms with E-state index in [9.17, 15) is 14.7 Å². The summed E-state index contributed by atoms with van der Waals surface area (Å²) < 4.78 is 5.65. The van der Waals surface area contributed by atoms with Gasteiger partial charge in [0.15, 0.2) is 5.13 Å². The fourth-order valence-electron chi connectivity index (χ4n) is 4.11. The summed E-state index contributed by atoms with van der Waals surface area (Å²) >= 11 is 1.52. The second-order valence-electron chi connectivity index (χ2n) is 6.91. The molecule has 0 aromatic carbocycles. The van der Waals surface area contributed by atoms with E-state index in [1.807, 2.05) is 0 Å². The summed E-state index contributed by atoms with van der Waals surface area (Å²) in [5, 5.41) is 12.9. The number of thiazole rings is 1. The Morgan fingerprint density at radius 1 is 1.26 bits per heavy atom. The number of carbonyl (C=O) groups is 2. The molecule has 0 spiro atoms. The molecule has 1 aromatic rings. The van der Waals surface area contributed by atoms with Crippen LogP contribution >= 0.6 is 11.3 Å². The first kappa shape index (κ1) is 15.1. The molecule has 0 saturated carbocycles. The molecular weight excluding hydrogens is 316 g/mol. The fourth-order valence-corrected chi connectivity index (χ4v) is 5.28. The molecule has 2 fully saturated rings. The van der Waals surface area contributed by atoms with E-state index in [-0.39, 0.29) is 18.1 Å². The largest absolute Gasteiger partial charge is 0.481 e. The minimum Gasteiger partial charge on any atom is -0.481 e. The van der Waals surface area contributed by atoms with Crippen molar-refractivity contribution in [2.45, 2.75) is 51.2 Å². The van der Waals surface area contributed by atoms with E-state index in [1.165, 1.54) is 16.2 Å². The smallest absolute Gasteiger partial charge is 0.310 e. The van der Waals surface area contributed by atoms with E-state index in [2.05, 4.69) is 17.2 Å². The monoisotopic (exact) mass is 336 g/mol. The van der Waals surface area contributed by atoms with Gasteiger partial charge < -0.3 is 15.2 Å². The van der Waals surface area contributed by atoms with Crippen LogP contribution in [0.2, 0.25) is 0 Å². The molecule has 5 unspecified atom stereocenters. The third-order valence-electron chi connectivity index (χ3n) is 5.28. The number of carboxylic acids is 1. The van der Waals surface area contributed by atoms with Gasteiger partial charge in [-0.15, -0.1) is 11.3 Å². The standard InChI is InChI=1S/C16H20N2O4S/c1-7-2-3-8-11(6-7)23-16(17-8)18-14(19)12-9-4-5-10(22-9)13(12)15(20)21/h7,9-10,12-13H,2-6H2,1H3,(H,20,21)(H,17,18,19). The Kier molecular flexibility index (Phi) is 3.65. The van der Waals surface area contributed by atoms with Crippen LogP contribution < -0.4 is 5.32 Å². The molecule has 2 bridgehead atoms. The summed E-state index contributed by atoms with van der Waals surface area (Å²) in [6, 6.07) is 0. The van der Waals surface area contributed by atoms with Crippen molar-refractivity contribution in [3.8, 4) is 0 Å². The van der Waals surface area contributed by atoms with Crippen molar-refractivity contribution < 1.29 is 19.4 Å². The first-order chi connectivity index (χ1) is 11.0. The van der Waals surface area contributed by atoms with E-state index in [4.69, 9.17) is 4.74 Å². The number of ether oxygens (including phenoxy) is 1. The lowest BCUT2D eigenvalue weighted by Gasteiger charge is -2.23. The zero-order valence-electron chi connectivity index (χ0n) is 12.9. The summed E-state index contributed by atoms with van der Waals surface area (Å²) in [5.74, 6) is -1.88. The Balaban J connectivity index is 1.51. The molecule has 6 nitrogen and oxygen atoms in total. The topological polar surface area (TPSA) is 88.5 Å². The quantitative estimate of drug-likeness (QED) is 0.882. The third-order valence-corrected chi connectivity index (χ3v) is 6.31. The number of nitrogens with one attached hydrogen (secondary N) is 1. The Bertz CT molecular complexity index is 659. The average Bonchev–Trinajstić information content (AvgIpc) is 3.18. The average molecular weight is 336 g/mol. The van der Waals surface area contributed by atoms with Crippen molar-refractivity contribution in [3.63, 3.8) is 0 Å². The number of amides is 1. The number of rotatable bonds is 3. The lowest BCUT2D eigenvalue weighted by atomic mass is 9.79. The van der Waals surface area contributed by atoms with Gasteiger partial charge in [0.05, 0.1) is 29.7 Å². The lowest BCUT2D eigenvalue weighted by molar-refractivity contribution is -0.147. The summed E-state index contributed by atoms with van der Waals surface area (Å²) in [6.45, 7) is 2.23. The van der Waals surface area contributed by atoms with E-state index in [1.54, 1.807) is 0 Å². The maximum atomic E-state index is 12.6. The number of aliphatic carboxylic acids is 1. The second-order valence-corrected chi connectivity index (χ2v) is 7.99. The van der Waals surface area contributed by atoms with Crippen LogP contribution in [0.1, 0.15) is 36.8 Å². The summed E-state index contributed by atoms with van der Waals surface area (Å²) in [7, 11) is 0. The second kappa shape index (κ2) is 5.56. The molecule has 2 N–H and O–H groups in total. The van der Waals surface area contributed by atoms with Crippen LogP contribution in [0.5, 0.6) is 0 Å². The number of anilines is 1. The number of hydrogen-bond acceptors (Lipinski definition) is 5. The molecule has 7 heteroatoms. The molecule has 5 atom stereocenters. The molecule has 3 aliphatic rings. The van der Waals surface area contributed by atoms with Gasteiger partial charge in [0, 0.05) is 4.88 Å². The normalized spacial score (nSPS) is 35.1. The molecule has 3 heterocycles. The summed E-state index contributed by atoms with van der Waals surface area (Å²) in [6.07, 6.45) is 4.00. The highest BCUT2D eigenvalue weighted by Crippen LogP contribution is 2.44. The van der Waals surface area contributed by atoms with Gasteiger partial charge in [0.2, 0.25) is 5.91 Å². The zero-order valence-corrected chi connectivity index (χ0v) is 13.8. The number of fused-ring (bicyclic) bond motifs is 3. The number of hydrogen-bond donors (Lipinski definition) is 2. The highest BCUT2D eigenvalue weighted by atomic mass is 32.1. The Morgan fingerprint density at radius 3 is 2.74 bits per heavy atom. The van der Waals surface area contributed by atoms with Gasteiger partial charge in [-0.05, 0) is 38.0 Å². The number of aryl methyl sites for hydroxylation is 1. The minimum absolute atomic E-state index is 0.260. The predicted molar refractivity (Wildman–Crippen MR) is 84.4 cm³/mol. The van der Waals surface area contributed by atoms with Gasteiger partial charge in [0.1, 0.15) is 0 Å². The molecule has 2 saturated heterocycles. The third kappa shape index (κ3) is 2.55. The van der Waals surface area contributed by atoms with Crippen LogP contribution in [0.3, 0.4) is 0 Å². The molecule has 0 radical (unpaired) electrons. The van der Waals surface area contributed by atoms with Gasteiger partial charge in [-0.25, -0.2) is 4.98 Å². The highest BCUT2D eigenvalue weighted by molar-refractivity contribution is 7.15. The first-order valence-corrected chi connectivity index (χ1v) is 9.02. The molecule has 4 rings (SSSR count). The van der Waals surface area contributed by atoms with Gasteiger partial charge >= 0.3 is 5.97 Å². The van der Waals surface area contributed by atoms with Gasteiger partial charge in [-0.2, -0.15) is 0 Å². The van der Waals surface area contributed by atoms with Crippen molar-refractivity contribution in [1.29, 1.82) is 0 Å². The maximum absolute atomic E-state index is 12.6. The van der Waals surface area contributed by atoms with E-state index in [0.29, 0.717) is 11.0 Å². The minimum atomic E-state index is -0.940. The van der Waals surface area contributed by atoms with Crippen LogP contribution in [-0.4, -0.2) is 34.2 Å². The van der Waals surface area contributed by atoms with E-state index in [0.717, 1.165) is 37.8 Å². The van der Waals surface area contributed by atoms with Gasteiger partial charge in [-0.1, -0.05) is 6.92 Å². The van der Waals surface area contributed by atoms with Crippen molar-refractivity contribution in [2.24, 2.45) is 17.8 Å². The van der Waals surface area contributed by atoms with Gasteiger partial charge in [-0.3, -0.25) is 9.59 Å². The lowest BCUT2D eigenvalue weighted by Crippen LogP contribution is -2.40. The molecule has 1 aromatic heterocycles. The number of aromatic nitrogens is 1. The maximum Gasteiger partial charge on any atom is 0.310 e. The van der Waals surface area contributed by atoms with Crippen molar-refractivity contribution in [2.75, 3.05) is 5.32 Å². The number of nitrogens with zero attached hydrogens (tertiary/aromatic N) is 1. The van der Waals surface area contributed by atoms with Crippen LogP contribution in [0.25, 0.3) is 0 Å². The van der Waals surface area contributed by atoms with Crippen LogP contribution in [0.15, 0.2) is 0 Å². The van der Waals surface area contributed by atoms with E-state index >= 15 is 0 Å². The van der Waals surface area contributed by atoms with Crippen LogP contribution in [-0.2, 0) is 27.2 Å². The highest BCUT2D eigenvalue weighted by Gasteiger charge is 2.55. The Labute approximate surface area is 138 Å². The van der Waals surface area contributed by atoms with Crippen molar-refractivity contribution >= 4 is 28.3 Å². The molecule has 1 aliphatic carbocycles. The van der Waals surface area contributed by atoms with Crippen LogP contribution in [0.4, 0.5) is 5.13 Å². The number of carbonyl (C=O) groups excluding carboxylic acids is 1. The predicted octanol–water partition coefficient (Wildman–Crippen LogP) is 2.08. The first-order valence-electron chi connectivity index (χ1n) is 8.20.